The first-order valence-corrected chi connectivity index (χ1v) is 6.32. The van der Waals surface area contributed by atoms with Crippen molar-refractivity contribution in [2.45, 2.75) is 37.5 Å². The van der Waals surface area contributed by atoms with Gasteiger partial charge in [0.15, 0.2) is 0 Å². The Morgan fingerprint density at radius 2 is 2.35 bits per heavy atom. The summed E-state index contributed by atoms with van der Waals surface area (Å²) < 4.78 is 6.77. The Morgan fingerprint density at radius 1 is 1.59 bits per heavy atom. The molecule has 2 unspecified atom stereocenters. The maximum absolute atomic E-state index is 11.6. The van der Waals surface area contributed by atoms with Gasteiger partial charge in [-0.1, -0.05) is 27.6 Å². The maximum Gasteiger partial charge on any atom is 0.323 e. The van der Waals surface area contributed by atoms with Gasteiger partial charge in [-0.15, -0.1) is 0 Å². The lowest BCUT2D eigenvalue weighted by Gasteiger charge is -2.26. The highest BCUT2D eigenvalue weighted by Gasteiger charge is 2.37. The molecule has 0 bridgehead atoms. The van der Waals surface area contributed by atoms with Gasteiger partial charge in [-0.25, -0.2) is 0 Å². The molecule has 4 atom stereocenters. The highest BCUT2D eigenvalue weighted by molar-refractivity contribution is 7.13. The van der Waals surface area contributed by atoms with Gasteiger partial charge in [-0.05, 0) is 24.8 Å². The van der Waals surface area contributed by atoms with Crippen molar-refractivity contribution in [3.8, 4) is 0 Å². The van der Waals surface area contributed by atoms with E-state index in [2.05, 4.69) is 9.39 Å². The summed E-state index contributed by atoms with van der Waals surface area (Å²) in [6, 6.07) is 0.0593. The van der Waals surface area contributed by atoms with Crippen molar-refractivity contribution in [1.29, 1.82) is 0 Å². The summed E-state index contributed by atoms with van der Waals surface area (Å²) in [5.41, 5.74) is 1.18. The van der Waals surface area contributed by atoms with Crippen molar-refractivity contribution in [3.63, 3.8) is 0 Å². The lowest BCUT2D eigenvalue weighted by molar-refractivity contribution is -0.144. The van der Waals surface area contributed by atoms with Crippen molar-refractivity contribution < 1.29 is 14.6 Å². The van der Waals surface area contributed by atoms with Crippen LogP contribution in [0.1, 0.15) is 19.3 Å². The fourth-order valence-corrected chi connectivity index (χ4v) is 3.01. The largest absolute Gasteiger partial charge is 0.468 e. The number of aliphatic hydroxyl groups excluding tert-OH is 1. The normalized spacial score (nSPS) is 33.6. The van der Waals surface area contributed by atoms with E-state index in [1.54, 1.807) is 6.08 Å². The molecular weight excluding hydrogens is 237 g/mol. The molecule has 0 aromatic rings. The van der Waals surface area contributed by atoms with Crippen molar-refractivity contribution in [1.82, 2.24) is 4.67 Å². The van der Waals surface area contributed by atoms with Crippen LogP contribution < -0.4 is 0 Å². The quantitative estimate of drug-likeness (QED) is 0.591. The number of ether oxygens (including phenoxy) is 1. The van der Waals surface area contributed by atoms with Gasteiger partial charge in [0.05, 0.1) is 13.2 Å². The van der Waals surface area contributed by atoms with Gasteiger partial charge in [-0.3, -0.25) is 9.46 Å². The summed E-state index contributed by atoms with van der Waals surface area (Å²) >= 11 is 0. The highest BCUT2D eigenvalue weighted by Crippen LogP contribution is 2.34. The number of aliphatic hydroxyl groups is 1. The summed E-state index contributed by atoms with van der Waals surface area (Å²) in [4.78, 5) is 11.6. The van der Waals surface area contributed by atoms with Crippen LogP contribution in [-0.2, 0) is 9.53 Å². The zero-order chi connectivity index (χ0) is 12.4. The monoisotopic (exact) mass is 255 g/mol. The molecule has 1 saturated heterocycles. The van der Waals surface area contributed by atoms with Gasteiger partial charge in [0.1, 0.15) is 6.04 Å². The molecular formula is C12H18NO3P. The summed E-state index contributed by atoms with van der Waals surface area (Å²) in [7, 11) is 4.05. The molecule has 1 aliphatic carbocycles. The van der Waals surface area contributed by atoms with E-state index in [9.17, 15) is 9.90 Å². The van der Waals surface area contributed by atoms with Crippen molar-refractivity contribution >= 4 is 15.4 Å². The van der Waals surface area contributed by atoms with Gasteiger partial charge in [0.2, 0.25) is 0 Å². The molecule has 1 aliphatic heterocycles. The van der Waals surface area contributed by atoms with E-state index in [4.69, 9.17) is 4.74 Å². The molecule has 1 N–H and O–H groups in total. The average Bonchev–Trinajstić information content (AvgIpc) is 2.71. The molecule has 4 nitrogen and oxygen atoms in total. The smallest absolute Gasteiger partial charge is 0.323 e. The standard InChI is InChI=1S/C12H18NO3P/c1-16-12(15)11-7-6-10(13(11)17)8-2-4-9(14)5-3-8/h2-4,9-11,14H,5-7,17H2,1H3/t9?,10-,11+/m1/s1. The van der Waals surface area contributed by atoms with Crippen LogP contribution in [0.5, 0.6) is 0 Å². The minimum atomic E-state index is -0.366. The second-order valence-corrected chi connectivity index (χ2v) is 5.04. The van der Waals surface area contributed by atoms with Crippen LogP contribution in [0.25, 0.3) is 0 Å². The molecule has 0 radical (unpaired) electrons. The van der Waals surface area contributed by atoms with Crippen molar-refractivity contribution in [2.75, 3.05) is 7.11 Å². The van der Waals surface area contributed by atoms with Crippen LogP contribution in [-0.4, -0.2) is 41.0 Å². The predicted octanol–water partition coefficient (Wildman–Crippen LogP) is 1.03. The summed E-state index contributed by atoms with van der Waals surface area (Å²) in [6.45, 7) is 0. The molecule has 0 aromatic heterocycles. The average molecular weight is 255 g/mol. The molecule has 0 aromatic carbocycles. The van der Waals surface area contributed by atoms with Crippen molar-refractivity contribution in [3.05, 3.63) is 23.8 Å². The van der Waals surface area contributed by atoms with Crippen LogP contribution in [0, 0.1) is 0 Å². The second-order valence-electron chi connectivity index (χ2n) is 4.45. The molecule has 0 saturated carbocycles. The first-order valence-electron chi connectivity index (χ1n) is 5.80. The Bertz CT molecular complexity index is 367. The highest BCUT2D eigenvalue weighted by atomic mass is 31.0. The Hall–Kier alpha value is -0.700. The molecule has 2 aliphatic rings. The number of methoxy groups -OCH3 is 1. The number of carbonyl (C=O) groups is 1. The molecule has 5 heteroatoms. The van der Waals surface area contributed by atoms with E-state index in [0.29, 0.717) is 6.42 Å². The lowest BCUT2D eigenvalue weighted by Crippen LogP contribution is -2.34. The Kier molecular flexibility index (Phi) is 3.97. The van der Waals surface area contributed by atoms with E-state index in [-0.39, 0.29) is 24.2 Å². The number of hydrogen-bond acceptors (Lipinski definition) is 4. The van der Waals surface area contributed by atoms with Gasteiger partial charge < -0.3 is 9.84 Å². The molecule has 1 fully saturated rings. The number of esters is 1. The minimum Gasteiger partial charge on any atom is -0.468 e. The number of nitrogens with zero attached hydrogens (tertiary/aromatic N) is 1. The van der Waals surface area contributed by atoms with Gasteiger partial charge >= 0.3 is 5.97 Å². The Morgan fingerprint density at radius 3 is 2.94 bits per heavy atom. The summed E-state index contributed by atoms with van der Waals surface area (Å²) in [5.74, 6) is -0.178. The zero-order valence-electron chi connectivity index (χ0n) is 9.87. The zero-order valence-corrected chi connectivity index (χ0v) is 11.0. The third-order valence-corrected chi connectivity index (χ3v) is 4.12. The third-order valence-electron chi connectivity index (χ3n) is 3.40. The fourth-order valence-electron chi connectivity index (χ4n) is 2.42. The van der Waals surface area contributed by atoms with E-state index in [1.165, 1.54) is 12.7 Å². The third kappa shape index (κ3) is 2.59. The molecule has 1 heterocycles. The molecule has 0 spiro atoms. The maximum atomic E-state index is 11.6. The molecule has 17 heavy (non-hydrogen) atoms. The van der Waals surface area contributed by atoms with E-state index >= 15 is 0 Å². The molecule has 0 amide bonds. The van der Waals surface area contributed by atoms with Gasteiger partial charge in [0, 0.05) is 6.04 Å². The predicted molar refractivity (Wildman–Crippen MR) is 68.2 cm³/mol. The minimum absolute atomic E-state index is 0.170. The van der Waals surface area contributed by atoms with Gasteiger partial charge in [0.25, 0.3) is 0 Å². The van der Waals surface area contributed by atoms with Gasteiger partial charge in [-0.2, -0.15) is 0 Å². The number of carbonyl (C=O) groups excluding carboxylic acids is 1. The lowest BCUT2D eigenvalue weighted by atomic mass is 9.98. The SMILES string of the molecule is COC(=O)[C@@H]1CC[C@H](C2=CCC(O)C=C2)N1P. The first kappa shape index (κ1) is 12.7. The molecule has 2 rings (SSSR count). The Labute approximate surface area is 104 Å². The fraction of sp³-hybridized carbons (Fsp3) is 0.583. The molecule has 94 valence electrons. The topological polar surface area (TPSA) is 49.8 Å². The van der Waals surface area contributed by atoms with E-state index in [0.717, 1.165) is 12.8 Å². The van der Waals surface area contributed by atoms with Crippen LogP contribution in [0.2, 0.25) is 0 Å². The van der Waals surface area contributed by atoms with Crippen LogP contribution in [0.3, 0.4) is 0 Å². The van der Waals surface area contributed by atoms with E-state index in [1.807, 2.05) is 16.8 Å². The van der Waals surface area contributed by atoms with Crippen molar-refractivity contribution in [2.24, 2.45) is 0 Å². The second kappa shape index (κ2) is 5.30. The summed E-state index contributed by atoms with van der Waals surface area (Å²) in [6.07, 6.45) is 7.85. The first-order chi connectivity index (χ1) is 8.13. The number of rotatable bonds is 2. The number of hydrogen-bond donors (Lipinski definition) is 1. The summed E-state index contributed by atoms with van der Waals surface area (Å²) in [5, 5.41) is 9.39. The van der Waals surface area contributed by atoms with Crippen LogP contribution in [0.15, 0.2) is 23.8 Å². The van der Waals surface area contributed by atoms with Crippen LogP contribution in [0.4, 0.5) is 0 Å². The Balaban J connectivity index is 2.05. The van der Waals surface area contributed by atoms with Crippen LogP contribution >= 0.6 is 9.39 Å². The van der Waals surface area contributed by atoms with E-state index < -0.39 is 0 Å².